The summed E-state index contributed by atoms with van der Waals surface area (Å²) in [6, 6.07) is 12.0. The molecule has 1 aromatic carbocycles. The van der Waals surface area contributed by atoms with Crippen LogP contribution in [-0.2, 0) is 6.42 Å². The highest BCUT2D eigenvalue weighted by Gasteiger charge is 2.05. The van der Waals surface area contributed by atoms with E-state index < -0.39 is 0 Å². The molecule has 1 aromatic heterocycles. The Bertz CT molecular complexity index is 471. The van der Waals surface area contributed by atoms with E-state index in [0.29, 0.717) is 5.02 Å². The van der Waals surface area contributed by atoms with Crippen LogP contribution in [0.3, 0.4) is 0 Å². The number of pyridine rings is 1. The van der Waals surface area contributed by atoms with Gasteiger partial charge in [0, 0.05) is 17.1 Å². The van der Waals surface area contributed by atoms with Crippen molar-refractivity contribution in [2.45, 2.75) is 6.42 Å². The highest BCUT2D eigenvalue weighted by atomic mass is 79.9. The fourth-order valence-electron chi connectivity index (χ4n) is 1.53. The molecule has 2 rings (SSSR count). The van der Waals surface area contributed by atoms with Gasteiger partial charge in [-0.05, 0) is 18.1 Å². The Kier molecular flexibility index (Phi) is 3.97. The maximum absolute atomic E-state index is 6.22. The van der Waals surface area contributed by atoms with Gasteiger partial charge in [0.15, 0.2) is 0 Å². The van der Waals surface area contributed by atoms with Crippen LogP contribution >= 0.6 is 27.5 Å². The average molecular weight is 297 g/mol. The molecule has 0 fully saturated rings. The number of aromatic nitrogens is 1. The van der Waals surface area contributed by atoms with Gasteiger partial charge in [0.1, 0.15) is 0 Å². The van der Waals surface area contributed by atoms with E-state index in [9.17, 15) is 0 Å². The molecule has 0 radical (unpaired) electrons. The third-order valence-corrected chi connectivity index (χ3v) is 3.01. The summed E-state index contributed by atoms with van der Waals surface area (Å²) < 4.78 is 0. The van der Waals surface area contributed by atoms with E-state index in [0.717, 1.165) is 28.6 Å². The first-order valence-electron chi connectivity index (χ1n) is 5.07. The SMILES string of the molecule is Clc1cc(CCBr)cnc1-c1ccccc1. The fraction of sp³-hybridized carbons (Fsp3) is 0.154. The summed E-state index contributed by atoms with van der Waals surface area (Å²) in [6.45, 7) is 0. The predicted molar refractivity (Wildman–Crippen MR) is 72.2 cm³/mol. The summed E-state index contributed by atoms with van der Waals surface area (Å²) >= 11 is 9.63. The summed E-state index contributed by atoms with van der Waals surface area (Å²) in [7, 11) is 0. The number of rotatable bonds is 3. The Balaban J connectivity index is 2.37. The van der Waals surface area contributed by atoms with Gasteiger partial charge in [0.05, 0.1) is 10.7 Å². The van der Waals surface area contributed by atoms with Gasteiger partial charge < -0.3 is 0 Å². The van der Waals surface area contributed by atoms with Gasteiger partial charge in [0.2, 0.25) is 0 Å². The molecule has 2 aromatic rings. The van der Waals surface area contributed by atoms with E-state index in [2.05, 4.69) is 20.9 Å². The normalized spacial score (nSPS) is 10.4. The average Bonchev–Trinajstić information content (AvgIpc) is 2.31. The first-order valence-corrected chi connectivity index (χ1v) is 6.57. The maximum Gasteiger partial charge on any atom is 0.0888 e. The third-order valence-electron chi connectivity index (χ3n) is 2.33. The van der Waals surface area contributed by atoms with E-state index in [1.165, 1.54) is 0 Å². The monoisotopic (exact) mass is 295 g/mol. The molecule has 0 unspecified atom stereocenters. The number of hydrogen-bond acceptors (Lipinski definition) is 1. The first kappa shape index (κ1) is 11.6. The Morgan fingerprint density at radius 2 is 1.94 bits per heavy atom. The number of benzene rings is 1. The van der Waals surface area contributed by atoms with Crippen molar-refractivity contribution in [1.82, 2.24) is 4.98 Å². The van der Waals surface area contributed by atoms with Gasteiger partial charge in [-0.3, -0.25) is 4.98 Å². The lowest BCUT2D eigenvalue weighted by molar-refractivity contribution is 1.13. The van der Waals surface area contributed by atoms with Crippen LogP contribution in [0.25, 0.3) is 11.3 Å². The summed E-state index contributed by atoms with van der Waals surface area (Å²) in [5, 5.41) is 1.64. The van der Waals surface area contributed by atoms with Crippen molar-refractivity contribution < 1.29 is 0 Å². The number of alkyl halides is 1. The van der Waals surface area contributed by atoms with E-state index in [1.807, 2.05) is 42.6 Å². The Morgan fingerprint density at radius 1 is 1.19 bits per heavy atom. The van der Waals surface area contributed by atoms with Crippen molar-refractivity contribution in [2.75, 3.05) is 5.33 Å². The predicted octanol–water partition coefficient (Wildman–Crippen LogP) is 4.34. The van der Waals surface area contributed by atoms with E-state index in [4.69, 9.17) is 11.6 Å². The second kappa shape index (κ2) is 5.46. The summed E-state index contributed by atoms with van der Waals surface area (Å²) in [4.78, 5) is 4.41. The summed E-state index contributed by atoms with van der Waals surface area (Å²) in [6.07, 6.45) is 2.83. The first-order chi connectivity index (χ1) is 7.81. The molecule has 0 saturated heterocycles. The molecule has 0 aliphatic carbocycles. The van der Waals surface area contributed by atoms with Crippen LogP contribution in [0.15, 0.2) is 42.6 Å². The number of aryl methyl sites for hydroxylation is 1. The van der Waals surface area contributed by atoms with Crippen LogP contribution < -0.4 is 0 Å². The Hall–Kier alpha value is -0.860. The molecule has 1 nitrogen and oxygen atoms in total. The van der Waals surface area contributed by atoms with Gasteiger partial charge in [-0.25, -0.2) is 0 Å². The van der Waals surface area contributed by atoms with Gasteiger partial charge in [-0.15, -0.1) is 0 Å². The molecular formula is C13H11BrClN. The molecule has 1 heterocycles. The quantitative estimate of drug-likeness (QED) is 0.768. The molecule has 0 aliphatic heterocycles. The number of halogens is 2. The maximum atomic E-state index is 6.22. The standard InChI is InChI=1S/C13H11BrClN/c14-7-6-10-8-12(15)13(16-9-10)11-4-2-1-3-5-11/h1-5,8-9H,6-7H2. The molecule has 0 N–H and O–H groups in total. The van der Waals surface area contributed by atoms with Crippen molar-refractivity contribution in [3.05, 3.63) is 53.2 Å². The van der Waals surface area contributed by atoms with Gasteiger partial charge >= 0.3 is 0 Å². The lowest BCUT2D eigenvalue weighted by Gasteiger charge is -2.05. The van der Waals surface area contributed by atoms with Crippen molar-refractivity contribution in [1.29, 1.82) is 0 Å². The van der Waals surface area contributed by atoms with Gasteiger partial charge in [-0.2, -0.15) is 0 Å². The van der Waals surface area contributed by atoms with E-state index in [-0.39, 0.29) is 0 Å². The highest BCUT2D eigenvalue weighted by Crippen LogP contribution is 2.26. The van der Waals surface area contributed by atoms with Crippen LogP contribution in [0.2, 0.25) is 5.02 Å². The van der Waals surface area contributed by atoms with Crippen LogP contribution in [0, 0.1) is 0 Å². The minimum atomic E-state index is 0.713. The van der Waals surface area contributed by atoms with Crippen LogP contribution in [0.5, 0.6) is 0 Å². The Labute approximate surface area is 109 Å². The molecule has 0 bridgehead atoms. The zero-order valence-electron chi connectivity index (χ0n) is 8.66. The van der Waals surface area contributed by atoms with Crippen molar-refractivity contribution >= 4 is 27.5 Å². The molecule has 0 amide bonds. The zero-order chi connectivity index (χ0) is 11.4. The summed E-state index contributed by atoms with van der Waals surface area (Å²) in [5.41, 5.74) is 3.06. The van der Waals surface area contributed by atoms with Crippen LogP contribution in [-0.4, -0.2) is 10.3 Å². The van der Waals surface area contributed by atoms with Crippen LogP contribution in [0.4, 0.5) is 0 Å². The minimum absolute atomic E-state index is 0.713. The third kappa shape index (κ3) is 2.63. The molecule has 0 saturated carbocycles. The van der Waals surface area contributed by atoms with Gasteiger partial charge in [0.25, 0.3) is 0 Å². The molecular weight excluding hydrogens is 286 g/mol. The second-order valence-corrected chi connectivity index (χ2v) is 4.68. The smallest absolute Gasteiger partial charge is 0.0888 e. The molecule has 0 aliphatic rings. The Morgan fingerprint density at radius 3 is 2.56 bits per heavy atom. The number of nitrogens with zero attached hydrogens (tertiary/aromatic N) is 1. The number of hydrogen-bond donors (Lipinski definition) is 0. The molecule has 16 heavy (non-hydrogen) atoms. The van der Waals surface area contributed by atoms with Crippen molar-refractivity contribution in [2.24, 2.45) is 0 Å². The largest absolute Gasteiger partial charge is 0.254 e. The molecule has 82 valence electrons. The summed E-state index contributed by atoms with van der Waals surface area (Å²) in [5.74, 6) is 0. The van der Waals surface area contributed by atoms with Crippen molar-refractivity contribution in [3.8, 4) is 11.3 Å². The topological polar surface area (TPSA) is 12.9 Å². The lowest BCUT2D eigenvalue weighted by Crippen LogP contribution is -1.91. The zero-order valence-corrected chi connectivity index (χ0v) is 11.0. The minimum Gasteiger partial charge on any atom is -0.254 e. The fourth-order valence-corrected chi connectivity index (χ4v) is 2.29. The second-order valence-electron chi connectivity index (χ2n) is 3.48. The molecule has 3 heteroatoms. The van der Waals surface area contributed by atoms with Crippen LogP contribution in [0.1, 0.15) is 5.56 Å². The molecule has 0 spiro atoms. The van der Waals surface area contributed by atoms with E-state index in [1.54, 1.807) is 0 Å². The lowest BCUT2D eigenvalue weighted by atomic mass is 10.1. The van der Waals surface area contributed by atoms with Gasteiger partial charge in [-0.1, -0.05) is 57.9 Å². The molecule has 0 atom stereocenters. The van der Waals surface area contributed by atoms with E-state index >= 15 is 0 Å². The van der Waals surface area contributed by atoms with Crippen molar-refractivity contribution in [3.63, 3.8) is 0 Å². The highest BCUT2D eigenvalue weighted by molar-refractivity contribution is 9.09.